The van der Waals surface area contributed by atoms with Crippen molar-refractivity contribution < 1.29 is 9.53 Å². The summed E-state index contributed by atoms with van der Waals surface area (Å²) in [4.78, 5) is 12.3. The fourth-order valence-corrected chi connectivity index (χ4v) is 4.83. The van der Waals surface area contributed by atoms with E-state index in [2.05, 4.69) is 76.0 Å². The van der Waals surface area contributed by atoms with Crippen LogP contribution in [0.5, 0.6) is 0 Å². The number of benzene rings is 3. The zero-order valence-electron chi connectivity index (χ0n) is 21.7. The van der Waals surface area contributed by atoms with E-state index >= 15 is 0 Å². The molecule has 0 unspecified atom stereocenters. The van der Waals surface area contributed by atoms with Gasteiger partial charge in [-0.05, 0) is 69.4 Å². The van der Waals surface area contributed by atoms with Gasteiger partial charge in [-0.2, -0.15) is 0 Å². The smallest absolute Gasteiger partial charge is 0.351 e. The standard InChI is InChI=1S/C30H32N4O2/c1-20-14-22(3)28(23(4)15-20)33-12-13-34(29-24(5)16-21(2)17-25(29)6)30(33)32-31-18-27(35)36-19-26-10-8-7-9-11-26/h7-18H,19H2,1-6H3/b31-18+. The van der Waals surface area contributed by atoms with Crippen molar-refractivity contribution in [3.8, 4) is 11.4 Å². The molecule has 1 aromatic heterocycles. The largest absolute Gasteiger partial charge is 0.456 e. The van der Waals surface area contributed by atoms with Crippen molar-refractivity contribution in [2.24, 2.45) is 10.2 Å². The van der Waals surface area contributed by atoms with Gasteiger partial charge in [0.15, 0.2) is 0 Å². The predicted molar refractivity (Wildman–Crippen MR) is 144 cm³/mol. The molecule has 1 heterocycles. The molecule has 0 atom stereocenters. The van der Waals surface area contributed by atoms with Crippen molar-refractivity contribution in [2.45, 2.75) is 48.1 Å². The molecule has 0 amide bonds. The lowest BCUT2D eigenvalue weighted by Crippen LogP contribution is -2.25. The third kappa shape index (κ3) is 5.38. The Morgan fingerprint density at radius 1 is 0.778 bits per heavy atom. The molecule has 4 aromatic rings. The molecule has 4 rings (SSSR count). The zero-order valence-corrected chi connectivity index (χ0v) is 21.7. The van der Waals surface area contributed by atoms with E-state index in [1.807, 2.05) is 51.9 Å². The van der Waals surface area contributed by atoms with Crippen molar-refractivity contribution in [3.63, 3.8) is 0 Å². The van der Waals surface area contributed by atoms with Crippen LogP contribution in [0.3, 0.4) is 0 Å². The third-order valence-corrected chi connectivity index (χ3v) is 6.08. The van der Waals surface area contributed by atoms with Gasteiger partial charge in [-0.25, -0.2) is 4.79 Å². The van der Waals surface area contributed by atoms with Gasteiger partial charge >= 0.3 is 5.97 Å². The highest BCUT2D eigenvalue weighted by atomic mass is 16.5. The molecule has 6 heteroatoms. The molecule has 0 spiro atoms. The van der Waals surface area contributed by atoms with Crippen LogP contribution in [0, 0.1) is 41.5 Å². The minimum absolute atomic E-state index is 0.186. The molecule has 0 radical (unpaired) electrons. The Labute approximate surface area is 212 Å². The molecule has 0 saturated heterocycles. The topological polar surface area (TPSA) is 60.9 Å². The van der Waals surface area contributed by atoms with Crippen molar-refractivity contribution in [1.82, 2.24) is 9.13 Å². The molecule has 184 valence electrons. The normalized spacial score (nSPS) is 11.2. The SMILES string of the molecule is Cc1cc(C)c(-n2ccn(-c3c(C)cc(C)cc3C)c2=N/N=C/C(=O)OCc2ccccc2)c(C)c1. The van der Waals surface area contributed by atoms with Gasteiger partial charge in [-0.3, -0.25) is 9.13 Å². The van der Waals surface area contributed by atoms with Crippen LogP contribution in [0.1, 0.15) is 38.9 Å². The average molecular weight is 481 g/mol. The van der Waals surface area contributed by atoms with Crippen molar-refractivity contribution >= 4 is 12.2 Å². The number of hydrogen-bond donors (Lipinski definition) is 0. The van der Waals surface area contributed by atoms with Crippen LogP contribution < -0.4 is 5.62 Å². The summed E-state index contributed by atoms with van der Waals surface area (Å²) in [5.74, 6) is -0.544. The summed E-state index contributed by atoms with van der Waals surface area (Å²) in [7, 11) is 0. The van der Waals surface area contributed by atoms with Crippen LogP contribution in [0.25, 0.3) is 11.4 Å². The summed E-state index contributed by atoms with van der Waals surface area (Å²) >= 11 is 0. The van der Waals surface area contributed by atoms with Crippen LogP contribution in [-0.2, 0) is 16.1 Å². The molecule has 6 nitrogen and oxygen atoms in total. The highest BCUT2D eigenvalue weighted by Gasteiger charge is 2.14. The van der Waals surface area contributed by atoms with Gasteiger partial charge in [-0.1, -0.05) is 65.7 Å². The summed E-state index contributed by atoms with van der Waals surface area (Å²) in [6.45, 7) is 12.7. The molecular weight excluding hydrogens is 448 g/mol. The van der Waals surface area contributed by atoms with Crippen molar-refractivity contribution in [2.75, 3.05) is 0 Å². The molecule has 3 aromatic carbocycles. The number of aromatic nitrogens is 2. The van der Waals surface area contributed by atoms with Gasteiger partial charge < -0.3 is 4.74 Å². The fraction of sp³-hybridized carbons (Fsp3) is 0.233. The molecule has 0 bridgehead atoms. The number of hydrogen-bond acceptors (Lipinski definition) is 4. The van der Waals surface area contributed by atoms with E-state index in [9.17, 15) is 4.79 Å². The highest BCUT2D eigenvalue weighted by molar-refractivity contribution is 6.23. The van der Waals surface area contributed by atoms with E-state index < -0.39 is 5.97 Å². The number of imidazole rings is 1. The Kier molecular flexibility index (Phi) is 7.34. The van der Waals surface area contributed by atoms with E-state index in [1.165, 1.54) is 11.1 Å². The van der Waals surface area contributed by atoms with E-state index in [0.29, 0.717) is 5.62 Å². The van der Waals surface area contributed by atoms with E-state index in [1.54, 1.807) is 0 Å². The zero-order chi connectivity index (χ0) is 25.8. The Morgan fingerprint density at radius 3 is 1.72 bits per heavy atom. The minimum atomic E-state index is -0.544. The summed E-state index contributed by atoms with van der Waals surface area (Å²) in [5, 5.41) is 8.65. The maximum Gasteiger partial charge on any atom is 0.351 e. The van der Waals surface area contributed by atoms with Gasteiger partial charge in [0.2, 0.25) is 5.62 Å². The lowest BCUT2D eigenvalue weighted by Gasteiger charge is -2.15. The van der Waals surface area contributed by atoms with Gasteiger partial charge in [0.05, 0.1) is 11.4 Å². The van der Waals surface area contributed by atoms with Crippen molar-refractivity contribution in [3.05, 3.63) is 112 Å². The molecule has 0 aliphatic rings. The highest BCUT2D eigenvalue weighted by Crippen LogP contribution is 2.23. The van der Waals surface area contributed by atoms with Crippen molar-refractivity contribution in [1.29, 1.82) is 0 Å². The first-order valence-corrected chi connectivity index (χ1v) is 12.0. The first-order valence-electron chi connectivity index (χ1n) is 12.0. The van der Waals surface area contributed by atoms with Crippen LogP contribution in [-0.4, -0.2) is 21.3 Å². The van der Waals surface area contributed by atoms with Gasteiger partial charge in [-0.15, -0.1) is 10.2 Å². The first kappa shape index (κ1) is 24.9. The Hall–Kier alpha value is -4.19. The monoisotopic (exact) mass is 480 g/mol. The van der Waals surface area contributed by atoms with Crippen LogP contribution in [0.2, 0.25) is 0 Å². The third-order valence-electron chi connectivity index (χ3n) is 6.08. The lowest BCUT2D eigenvalue weighted by atomic mass is 10.0. The fourth-order valence-electron chi connectivity index (χ4n) is 4.83. The average Bonchev–Trinajstić information content (AvgIpc) is 3.20. The lowest BCUT2D eigenvalue weighted by molar-refractivity contribution is -0.136. The maximum atomic E-state index is 12.3. The quantitative estimate of drug-likeness (QED) is 0.200. The second-order valence-electron chi connectivity index (χ2n) is 9.27. The van der Waals surface area contributed by atoms with Gasteiger partial charge in [0, 0.05) is 12.4 Å². The number of carbonyl (C=O) groups is 1. The summed E-state index contributed by atoms with van der Waals surface area (Å²) in [5.41, 5.74) is 10.5. The molecular formula is C30H32N4O2. The molecule has 0 N–H and O–H groups in total. The molecule has 0 fully saturated rings. The van der Waals surface area contributed by atoms with Crippen LogP contribution in [0.15, 0.2) is 77.2 Å². The number of ether oxygens (including phenoxy) is 1. The van der Waals surface area contributed by atoms with Crippen LogP contribution in [0.4, 0.5) is 0 Å². The molecule has 0 saturated carbocycles. The molecule has 0 aliphatic carbocycles. The van der Waals surface area contributed by atoms with Crippen LogP contribution >= 0.6 is 0 Å². The Bertz CT molecular complexity index is 1380. The number of carbonyl (C=O) groups excluding carboxylic acids is 1. The minimum Gasteiger partial charge on any atom is -0.456 e. The summed E-state index contributed by atoms with van der Waals surface area (Å²) in [6.07, 6.45) is 5.10. The van der Waals surface area contributed by atoms with E-state index in [4.69, 9.17) is 4.74 Å². The number of esters is 1. The van der Waals surface area contributed by atoms with Gasteiger partial charge in [0.25, 0.3) is 0 Å². The van der Waals surface area contributed by atoms with E-state index in [0.717, 1.165) is 45.4 Å². The molecule has 0 aliphatic heterocycles. The Balaban J connectivity index is 1.78. The Morgan fingerprint density at radius 2 is 1.25 bits per heavy atom. The first-order chi connectivity index (χ1) is 17.2. The summed E-state index contributed by atoms with van der Waals surface area (Å²) < 4.78 is 9.36. The molecule has 36 heavy (non-hydrogen) atoms. The van der Waals surface area contributed by atoms with E-state index in [-0.39, 0.29) is 6.61 Å². The number of aryl methyl sites for hydroxylation is 6. The maximum absolute atomic E-state index is 12.3. The number of rotatable bonds is 6. The predicted octanol–water partition coefficient (Wildman–Crippen LogP) is 5.75. The number of nitrogens with zero attached hydrogens (tertiary/aromatic N) is 4. The summed E-state index contributed by atoms with van der Waals surface area (Å²) in [6, 6.07) is 18.2. The van der Waals surface area contributed by atoms with Gasteiger partial charge in [0.1, 0.15) is 12.8 Å². The second kappa shape index (κ2) is 10.6. The second-order valence-corrected chi connectivity index (χ2v) is 9.27.